The zero-order valence-electron chi connectivity index (χ0n) is 11.9. The number of hydrogen-bond donors (Lipinski definition) is 0. The summed E-state index contributed by atoms with van der Waals surface area (Å²) in [5.41, 5.74) is -0.629. The summed E-state index contributed by atoms with van der Waals surface area (Å²) in [7, 11) is -6.50. The van der Waals surface area contributed by atoms with E-state index in [1.165, 1.54) is 12.1 Å². The van der Waals surface area contributed by atoms with Gasteiger partial charge in [-0.25, -0.2) is 8.42 Å². The van der Waals surface area contributed by atoms with Crippen LogP contribution in [0.4, 0.5) is 30.7 Å². The molecule has 1 heterocycles. The topological polar surface area (TPSA) is 47.3 Å². The Kier molecular flexibility index (Phi) is 5.32. The number of halogens is 9. The highest BCUT2D eigenvalue weighted by molar-refractivity contribution is 9.11. The third-order valence-electron chi connectivity index (χ3n) is 3.13. The summed E-state index contributed by atoms with van der Waals surface area (Å²) in [5.74, 6) is -7.16. The zero-order chi connectivity index (χ0) is 20.1. The fraction of sp³-hybridized carbons (Fsp3) is 0.231. The quantitative estimate of drug-likeness (QED) is 0.450. The van der Waals surface area contributed by atoms with E-state index in [2.05, 4.69) is 31.9 Å². The van der Waals surface area contributed by atoms with Crippen molar-refractivity contribution >= 4 is 41.7 Å². The maximum absolute atomic E-state index is 13.9. The van der Waals surface area contributed by atoms with Gasteiger partial charge >= 0.3 is 17.4 Å². The first-order valence-electron chi connectivity index (χ1n) is 6.24. The van der Waals surface area contributed by atoms with Crippen LogP contribution in [0, 0.1) is 0 Å². The van der Waals surface area contributed by atoms with E-state index in [1.54, 1.807) is 0 Å². The summed E-state index contributed by atoms with van der Waals surface area (Å²) in [4.78, 5) is -1.47. The fourth-order valence-corrected chi connectivity index (χ4v) is 5.09. The lowest BCUT2D eigenvalue weighted by molar-refractivity contribution is -0.332. The summed E-state index contributed by atoms with van der Waals surface area (Å²) in [6, 6.07) is 4.02. The van der Waals surface area contributed by atoms with Crippen LogP contribution in [-0.2, 0) is 9.84 Å². The average molecular weight is 534 g/mol. The van der Waals surface area contributed by atoms with Crippen LogP contribution in [0.1, 0.15) is 0 Å². The molecule has 0 aliphatic heterocycles. The van der Waals surface area contributed by atoms with Crippen molar-refractivity contribution in [2.75, 3.05) is 0 Å². The van der Waals surface area contributed by atoms with E-state index in [4.69, 9.17) is 4.42 Å². The van der Waals surface area contributed by atoms with E-state index < -0.39 is 37.6 Å². The Hall–Kier alpha value is -1.08. The highest BCUT2D eigenvalue weighted by Gasteiger charge is 2.78. The van der Waals surface area contributed by atoms with Gasteiger partial charge in [-0.05, 0) is 40.2 Å². The van der Waals surface area contributed by atoms with Gasteiger partial charge in [0.25, 0.3) is 9.84 Å². The summed E-state index contributed by atoms with van der Waals surface area (Å²) >= 11 is 5.64. The van der Waals surface area contributed by atoms with Crippen molar-refractivity contribution in [2.45, 2.75) is 22.2 Å². The van der Waals surface area contributed by atoms with Crippen LogP contribution >= 0.6 is 31.9 Å². The van der Waals surface area contributed by atoms with Gasteiger partial charge in [-0.1, -0.05) is 15.9 Å². The second-order valence-electron chi connectivity index (χ2n) is 4.83. The molecule has 2 rings (SSSR count). The first kappa shape index (κ1) is 21.2. The molecule has 0 spiro atoms. The summed E-state index contributed by atoms with van der Waals surface area (Å²) in [5, 5.41) is -6.47. The molecule has 0 aliphatic carbocycles. The Morgan fingerprint density at radius 1 is 0.962 bits per heavy atom. The molecule has 0 saturated carbocycles. The van der Waals surface area contributed by atoms with E-state index in [0.717, 1.165) is 12.3 Å². The first-order chi connectivity index (χ1) is 11.6. The normalized spacial score (nSPS) is 13.9. The summed E-state index contributed by atoms with van der Waals surface area (Å²) in [6.07, 6.45) is -5.76. The minimum atomic E-state index is -6.83. The smallest absolute Gasteiger partial charge is 0.461 e. The molecule has 0 radical (unpaired) electrons. The Balaban J connectivity index is 2.83. The average Bonchev–Trinajstić information content (AvgIpc) is 2.98. The van der Waals surface area contributed by atoms with Gasteiger partial charge in [0.1, 0.15) is 5.76 Å². The minimum absolute atomic E-state index is 0.163. The SMILES string of the molecule is O=S(=O)(c1cc(Br)cc(Br)c1-c1ccco1)C(F)(F)C(F)(F)C(F)(F)F. The molecule has 0 unspecified atom stereocenters. The predicted molar refractivity (Wildman–Crippen MR) is 82.7 cm³/mol. The molecule has 26 heavy (non-hydrogen) atoms. The van der Waals surface area contributed by atoms with Crippen LogP contribution in [0.5, 0.6) is 0 Å². The molecular formula is C13H5Br2F7O3S. The fourth-order valence-electron chi connectivity index (χ4n) is 1.89. The summed E-state index contributed by atoms with van der Waals surface area (Å²) in [6.45, 7) is 0. The zero-order valence-corrected chi connectivity index (χ0v) is 15.9. The van der Waals surface area contributed by atoms with Crippen molar-refractivity contribution in [1.29, 1.82) is 0 Å². The molecule has 144 valence electrons. The number of rotatable bonds is 4. The molecule has 13 heteroatoms. The monoisotopic (exact) mass is 532 g/mol. The van der Waals surface area contributed by atoms with Crippen molar-refractivity contribution in [3.63, 3.8) is 0 Å². The molecule has 0 bridgehead atoms. The number of hydrogen-bond acceptors (Lipinski definition) is 3. The van der Waals surface area contributed by atoms with Crippen molar-refractivity contribution in [1.82, 2.24) is 0 Å². The van der Waals surface area contributed by atoms with Gasteiger partial charge in [-0.2, -0.15) is 30.7 Å². The van der Waals surface area contributed by atoms with Crippen LogP contribution in [0.2, 0.25) is 0 Å². The van der Waals surface area contributed by atoms with Gasteiger partial charge in [-0.3, -0.25) is 0 Å². The Morgan fingerprint density at radius 3 is 2.00 bits per heavy atom. The molecule has 0 aliphatic rings. The van der Waals surface area contributed by atoms with E-state index in [1.807, 2.05) is 0 Å². The van der Waals surface area contributed by atoms with E-state index >= 15 is 0 Å². The van der Waals surface area contributed by atoms with E-state index in [-0.39, 0.29) is 14.7 Å². The lowest BCUT2D eigenvalue weighted by atomic mass is 10.2. The van der Waals surface area contributed by atoms with Gasteiger partial charge in [0.2, 0.25) is 0 Å². The van der Waals surface area contributed by atoms with Gasteiger partial charge in [0.05, 0.1) is 16.7 Å². The standard InChI is InChI=1S/C13H5Br2F7O3S/c14-6-4-7(15)10(8-2-1-3-25-8)9(5-6)26(23,24)13(21,22)11(16,17)12(18,19)20/h1-5H. The van der Waals surface area contributed by atoms with Gasteiger partial charge in [0, 0.05) is 8.95 Å². The van der Waals surface area contributed by atoms with Crippen LogP contribution in [0.25, 0.3) is 11.3 Å². The number of alkyl halides is 7. The predicted octanol–water partition coefficient (Wildman–Crippen LogP) is 6.04. The maximum Gasteiger partial charge on any atom is 0.461 e. The first-order valence-corrected chi connectivity index (χ1v) is 9.31. The molecule has 2 aromatic rings. The number of sulfone groups is 1. The molecule has 1 aromatic heterocycles. The molecule has 3 nitrogen and oxygen atoms in total. The van der Waals surface area contributed by atoms with Crippen LogP contribution in [-0.4, -0.2) is 25.8 Å². The Labute approximate surface area is 158 Å². The molecule has 0 atom stereocenters. The molecule has 0 saturated heterocycles. The third-order valence-corrected chi connectivity index (χ3v) is 6.05. The molecule has 1 aromatic carbocycles. The van der Waals surface area contributed by atoms with Crippen molar-refractivity contribution in [2.24, 2.45) is 0 Å². The second kappa shape index (κ2) is 6.51. The van der Waals surface area contributed by atoms with E-state index in [9.17, 15) is 39.2 Å². The lowest BCUT2D eigenvalue weighted by Gasteiger charge is -2.28. The van der Waals surface area contributed by atoms with Crippen LogP contribution in [0.3, 0.4) is 0 Å². The number of furan rings is 1. The molecule has 0 N–H and O–H groups in total. The third kappa shape index (κ3) is 3.17. The highest BCUT2D eigenvalue weighted by atomic mass is 79.9. The van der Waals surface area contributed by atoms with Gasteiger partial charge in [0.15, 0.2) is 0 Å². The number of benzene rings is 1. The largest absolute Gasteiger partial charge is 0.464 e. The van der Waals surface area contributed by atoms with Gasteiger partial charge in [-0.15, -0.1) is 0 Å². The molecular weight excluding hydrogens is 529 g/mol. The van der Waals surface area contributed by atoms with Gasteiger partial charge < -0.3 is 4.42 Å². The Morgan fingerprint density at radius 2 is 1.54 bits per heavy atom. The van der Waals surface area contributed by atoms with Crippen LogP contribution in [0.15, 0.2) is 48.8 Å². The van der Waals surface area contributed by atoms with E-state index in [0.29, 0.717) is 6.07 Å². The Bertz CT molecular complexity index is 922. The highest BCUT2D eigenvalue weighted by Crippen LogP contribution is 2.52. The molecule has 0 fully saturated rings. The minimum Gasteiger partial charge on any atom is -0.464 e. The van der Waals surface area contributed by atoms with Crippen molar-refractivity contribution in [3.8, 4) is 11.3 Å². The van der Waals surface area contributed by atoms with Crippen LogP contribution < -0.4 is 0 Å². The lowest BCUT2D eigenvalue weighted by Crippen LogP contribution is -2.56. The second-order valence-corrected chi connectivity index (χ2v) is 8.56. The summed E-state index contributed by atoms with van der Waals surface area (Å²) < 4.78 is 120. The maximum atomic E-state index is 13.9. The van der Waals surface area contributed by atoms with Crippen molar-refractivity contribution in [3.05, 3.63) is 39.5 Å². The molecule has 0 amide bonds. The van der Waals surface area contributed by atoms with Crippen molar-refractivity contribution < 1.29 is 43.6 Å².